The van der Waals surface area contributed by atoms with Crippen molar-refractivity contribution >= 4 is 49.7 Å². The van der Waals surface area contributed by atoms with Crippen molar-refractivity contribution in [1.29, 1.82) is 0 Å². The van der Waals surface area contributed by atoms with Crippen molar-refractivity contribution in [3.05, 3.63) is 26.6 Å². The zero-order valence-corrected chi connectivity index (χ0v) is 24.1. The Labute approximate surface area is 242 Å². The number of carbonyl (C=O) groups is 3. The third kappa shape index (κ3) is 12.2. The van der Waals surface area contributed by atoms with Gasteiger partial charge in [0.2, 0.25) is 5.91 Å². The molecule has 1 aromatic rings. The molecule has 40 heavy (non-hydrogen) atoms. The highest BCUT2D eigenvalue weighted by atomic mass is 79.9. The van der Waals surface area contributed by atoms with Gasteiger partial charge in [0.15, 0.2) is 0 Å². The molecule has 2 saturated heterocycles. The molecule has 0 bridgehead atoms. The van der Waals surface area contributed by atoms with Gasteiger partial charge in [-0.2, -0.15) is 26.3 Å². The Morgan fingerprint density at radius 2 is 1.27 bits per heavy atom. The van der Waals surface area contributed by atoms with Crippen molar-refractivity contribution < 1.29 is 56.0 Å². The van der Waals surface area contributed by atoms with Crippen molar-refractivity contribution in [2.24, 2.45) is 5.73 Å². The molecule has 5 N–H and O–H groups in total. The van der Waals surface area contributed by atoms with Crippen LogP contribution in [0, 0.1) is 0 Å². The highest BCUT2D eigenvalue weighted by molar-refractivity contribution is 9.11. The predicted octanol–water partition coefficient (Wildman–Crippen LogP) is 4.53. The Hall–Kier alpha value is -2.11. The van der Waals surface area contributed by atoms with Crippen molar-refractivity contribution in [3.8, 4) is 5.75 Å². The third-order valence-electron chi connectivity index (χ3n) is 6.02. The zero-order valence-electron chi connectivity index (χ0n) is 20.9. The average Bonchev–Trinajstić information content (AvgIpc) is 2.87. The van der Waals surface area contributed by atoms with Crippen LogP contribution in [-0.4, -0.2) is 93.6 Å². The topological polar surface area (TPSA) is 144 Å². The van der Waals surface area contributed by atoms with E-state index in [2.05, 4.69) is 36.8 Å². The first-order valence-corrected chi connectivity index (χ1v) is 13.5. The molecule has 0 spiro atoms. The number of hydrogen-bond acceptors (Lipinski definition) is 6. The smallest absolute Gasteiger partial charge is 0.490 e. The van der Waals surface area contributed by atoms with Gasteiger partial charge in [0, 0.05) is 19.1 Å². The number of hydrogen-bond donors (Lipinski definition) is 4. The number of carboxylic acids is 2. The first-order chi connectivity index (χ1) is 18.3. The number of phenolic OH excluding ortho intramolecular Hbond substituents is 1. The van der Waals surface area contributed by atoms with Gasteiger partial charge in [0.05, 0.1) is 15.0 Å². The molecule has 1 atom stereocenters. The van der Waals surface area contributed by atoms with E-state index in [0.29, 0.717) is 21.4 Å². The zero-order chi connectivity index (χ0) is 30.8. The minimum atomic E-state index is -5.08. The second kappa shape index (κ2) is 15.8. The summed E-state index contributed by atoms with van der Waals surface area (Å²) in [6, 6.07) is 3.70. The number of benzene rings is 1. The maximum absolute atomic E-state index is 12.7. The van der Waals surface area contributed by atoms with E-state index in [1.807, 2.05) is 17.0 Å². The van der Waals surface area contributed by atoms with E-state index in [4.69, 9.17) is 25.5 Å². The molecule has 17 heteroatoms. The number of aliphatic carboxylic acids is 2. The molecule has 0 aliphatic carbocycles. The Morgan fingerprint density at radius 3 is 1.65 bits per heavy atom. The number of amides is 1. The number of halogens is 8. The molecule has 228 valence electrons. The molecule has 2 aliphatic heterocycles. The normalized spacial score (nSPS) is 17.6. The number of alkyl halides is 6. The highest BCUT2D eigenvalue weighted by Gasteiger charge is 2.39. The molecule has 9 nitrogen and oxygen atoms in total. The summed E-state index contributed by atoms with van der Waals surface area (Å²) in [5.41, 5.74) is 7.12. The van der Waals surface area contributed by atoms with Gasteiger partial charge >= 0.3 is 24.3 Å². The fourth-order valence-corrected chi connectivity index (χ4v) is 5.33. The molecule has 0 unspecified atom stereocenters. The lowest BCUT2D eigenvalue weighted by atomic mass is 9.98. The standard InChI is InChI=1S/C19H27Br2N3O2.2C2HF3O2/c20-15-10-13(11-16(21)18(15)25)12-17(22)19(26)24-8-4-14(5-9-24)23-6-2-1-3-7-23;2*3-2(4,5)1(6)7/h10-11,14,17,25H,1-9,12,22H2;2*(H,6,7)/t17-;;/m1../s1. The molecular formula is C23H29Br2F6N3O6. The number of carboxylic acid groups (broad SMARTS) is 2. The highest BCUT2D eigenvalue weighted by Crippen LogP contribution is 2.33. The molecule has 1 amide bonds. The van der Waals surface area contributed by atoms with Gasteiger partial charge in [-0.3, -0.25) is 4.79 Å². The first-order valence-electron chi connectivity index (χ1n) is 11.9. The van der Waals surface area contributed by atoms with Crippen LogP contribution in [0.2, 0.25) is 0 Å². The number of likely N-dealkylation sites (tertiary alicyclic amines) is 2. The van der Waals surface area contributed by atoms with Crippen molar-refractivity contribution in [1.82, 2.24) is 9.80 Å². The summed E-state index contributed by atoms with van der Waals surface area (Å²) in [7, 11) is 0. The minimum absolute atomic E-state index is 0.0300. The van der Waals surface area contributed by atoms with E-state index >= 15 is 0 Å². The molecule has 3 rings (SSSR count). The first kappa shape index (κ1) is 35.9. The summed E-state index contributed by atoms with van der Waals surface area (Å²) in [5.74, 6) is -5.32. The molecule has 0 radical (unpaired) electrons. The van der Waals surface area contributed by atoms with Crippen LogP contribution >= 0.6 is 31.9 Å². The molecule has 0 saturated carbocycles. The van der Waals surface area contributed by atoms with Crippen LogP contribution < -0.4 is 5.73 Å². The van der Waals surface area contributed by atoms with Crippen molar-refractivity contribution in [3.63, 3.8) is 0 Å². The maximum Gasteiger partial charge on any atom is 0.490 e. The Bertz CT molecular complexity index is 967. The van der Waals surface area contributed by atoms with Crippen LogP contribution in [0.1, 0.15) is 37.7 Å². The van der Waals surface area contributed by atoms with Gasteiger partial charge < -0.3 is 30.9 Å². The van der Waals surface area contributed by atoms with Crippen LogP contribution in [0.3, 0.4) is 0 Å². The van der Waals surface area contributed by atoms with Gasteiger partial charge in [-0.25, -0.2) is 9.59 Å². The van der Waals surface area contributed by atoms with E-state index in [1.165, 1.54) is 32.4 Å². The van der Waals surface area contributed by atoms with Crippen LogP contribution in [0.25, 0.3) is 0 Å². The minimum Gasteiger partial charge on any atom is -0.506 e. The van der Waals surface area contributed by atoms with Crippen LogP contribution in [0.4, 0.5) is 26.3 Å². The Morgan fingerprint density at radius 1 is 0.875 bits per heavy atom. The van der Waals surface area contributed by atoms with E-state index < -0.39 is 30.3 Å². The van der Waals surface area contributed by atoms with Crippen LogP contribution in [-0.2, 0) is 20.8 Å². The number of nitrogens with zero attached hydrogens (tertiary/aromatic N) is 2. The fourth-order valence-electron chi connectivity index (χ4n) is 4.05. The number of carbonyl (C=O) groups excluding carboxylic acids is 1. The van der Waals surface area contributed by atoms with E-state index in [9.17, 15) is 36.2 Å². The Kier molecular flexibility index (Phi) is 14.2. The average molecular weight is 717 g/mol. The van der Waals surface area contributed by atoms with E-state index in [1.54, 1.807) is 0 Å². The van der Waals surface area contributed by atoms with Gasteiger partial charge in [-0.05, 0) is 94.7 Å². The van der Waals surface area contributed by atoms with Crippen LogP contribution in [0.15, 0.2) is 21.1 Å². The van der Waals surface area contributed by atoms with Gasteiger partial charge in [-0.1, -0.05) is 6.42 Å². The number of aromatic hydroxyl groups is 1. The van der Waals surface area contributed by atoms with E-state index in [-0.39, 0.29) is 11.7 Å². The van der Waals surface area contributed by atoms with E-state index in [0.717, 1.165) is 31.5 Å². The van der Waals surface area contributed by atoms with Gasteiger partial charge in [0.1, 0.15) is 5.75 Å². The molecular weight excluding hydrogens is 688 g/mol. The monoisotopic (exact) mass is 715 g/mol. The summed E-state index contributed by atoms with van der Waals surface area (Å²) in [6.07, 6.45) is -3.64. The molecule has 2 heterocycles. The second-order valence-corrected chi connectivity index (χ2v) is 10.7. The largest absolute Gasteiger partial charge is 0.506 e. The fraction of sp³-hybridized carbons (Fsp3) is 0.609. The SMILES string of the molecule is N[C@H](Cc1cc(Br)c(O)c(Br)c1)C(=O)N1CCC(N2CCCCC2)CC1.O=C(O)C(F)(F)F.O=C(O)C(F)(F)F. The lowest BCUT2D eigenvalue weighted by Gasteiger charge is -2.40. The summed E-state index contributed by atoms with van der Waals surface area (Å²) in [5, 5.41) is 24.1. The maximum atomic E-state index is 12.7. The quantitative estimate of drug-likeness (QED) is 0.333. The number of rotatable bonds is 4. The lowest BCUT2D eigenvalue weighted by Crippen LogP contribution is -2.52. The lowest BCUT2D eigenvalue weighted by molar-refractivity contribution is -0.193. The van der Waals surface area contributed by atoms with Gasteiger partial charge in [-0.15, -0.1) is 0 Å². The number of phenols is 1. The predicted molar refractivity (Wildman–Crippen MR) is 138 cm³/mol. The van der Waals surface area contributed by atoms with Crippen LogP contribution in [0.5, 0.6) is 5.75 Å². The van der Waals surface area contributed by atoms with Crippen molar-refractivity contribution in [2.75, 3.05) is 26.2 Å². The van der Waals surface area contributed by atoms with Crippen molar-refractivity contribution in [2.45, 2.75) is 63.0 Å². The molecule has 2 aliphatic rings. The molecule has 1 aromatic carbocycles. The Balaban J connectivity index is 0.000000473. The summed E-state index contributed by atoms with van der Waals surface area (Å²) < 4.78 is 64.7. The summed E-state index contributed by atoms with van der Waals surface area (Å²) >= 11 is 6.65. The molecule has 2 fully saturated rings. The van der Waals surface area contributed by atoms with Gasteiger partial charge in [0.25, 0.3) is 0 Å². The second-order valence-electron chi connectivity index (χ2n) is 8.98. The third-order valence-corrected chi connectivity index (χ3v) is 7.23. The summed E-state index contributed by atoms with van der Waals surface area (Å²) in [4.78, 5) is 35.1. The summed E-state index contributed by atoms with van der Waals surface area (Å²) in [6.45, 7) is 4.03. The molecule has 0 aromatic heterocycles. The number of nitrogens with two attached hydrogens (primary N) is 1. The number of piperidine rings is 2.